The molecule has 1 fully saturated rings. The summed E-state index contributed by atoms with van der Waals surface area (Å²) in [6, 6.07) is 3.99. The van der Waals surface area contributed by atoms with Crippen molar-refractivity contribution < 1.29 is 18.7 Å². The van der Waals surface area contributed by atoms with Gasteiger partial charge in [-0.1, -0.05) is 6.07 Å². The normalized spacial score (nSPS) is 15.9. The Morgan fingerprint density at radius 1 is 1.30 bits per heavy atom. The molecule has 2 aromatic rings. The summed E-state index contributed by atoms with van der Waals surface area (Å²) in [5.74, 6) is -1.70. The summed E-state index contributed by atoms with van der Waals surface area (Å²) in [5.41, 5.74) is 1.12. The molecule has 0 spiro atoms. The van der Waals surface area contributed by atoms with Crippen molar-refractivity contribution in [3.05, 3.63) is 51.5 Å². The first-order valence-electron chi connectivity index (χ1n) is 7.38. The number of aliphatic hydroxyl groups is 1. The maximum Gasteiger partial charge on any atom is 0.273 e. The first kappa shape index (κ1) is 16.0. The first-order valence-corrected chi connectivity index (χ1v) is 8.26. The van der Waals surface area contributed by atoms with Crippen LogP contribution in [0.3, 0.4) is 0 Å². The van der Waals surface area contributed by atoms with E-state index in [0.717, 1.165) is 11.6 Å². The molecular formula is C16H16F2N2O2S. The van der Waals surface area contributed by atoms with Gasteiger partial charge in [-0.2, -0.15) is 0 Å². The minimum absolute atomic E-state index is 0.123. The van der Waals surface area contributed by atoms with E-state index < -0.39 is 11.6 Å². The van der Waals surface area contributed by atoms with Crippen LogP contribution in [0.5, 0.6) is 0 Å². The Bertz CT molecular complexity index is 712. The number of amides is 1. The maximum absolute atomic E-state index is 13.3. The average Bonchev–Trinajstić information content (AvgIpc) is 3.06. The number of piperidine rings is 1. The van der Waals surface area contributed by atoms with E-state index in [1.165, 1.54) is 17.4 Å². The molecule has 0 atom stereocenters. The smallest absolute Gasteiger partial charge is 0.273 e. The molecule has 0 aliphatic carbocycles. The summed E-state index contributed by atoms with van der Waals surface area (Å²) >= 11 is 1.26. The number of benzene rings is 1. The molecule has 1 amide bonds. The lowest BCUT2D eigenvalue weighted by Crippen LogP contribution is -2.38. The minimum Gasteiger partial charge on any atom is -0.389 e. The van der Waals surface area contributed by atoms with Crippen molar-refractivity contribution in [2.45, 2.75) is 25.4 Å². The number of carbonyl (C=O) groups excluding carboxylic acids is 1. The zero-order chi connectivity index (χ0) is 16.4. The molecule has 1 aromatic heterocycles. The van der Waals surface area contributed by atoms with Crippen molar-refractivity contribution >= 4 is 17.2 Å². The van der Waals surface area contributed by atoms with Gasteiger partial charge < -0.3 is 10.0 Å². The number of halogens is 2. The minimum atomic E-state index is -0.843. The molecule has 0 radical (unpaired) electrons. The van der Waals surface area contributed by atoms with E-state index in [4.69, 9.17) is 5.11 Å². The molecular weight excluding hydrogens is 322 g/mol. The lowest BCUT2D eigenvalue weighted by atomic mass is 9.89. The number of aliphatic hydroxyl groups excluding tert-OH is 1. The first-order chi connectivity index (χ1) is 11.1. The molecule has 2 heterocycles. The van der Waals surface area contributed by atoms with Crippen LogP contribution in [0.15, 0.2) is 23.6 Å². The fourth-order valence-electron chi connectivity index (χ4n) is 2.83. The number of nitrogens with zero attached hydrogens (tertiary/aromatic N) is 2. The summed E-state index contributed by atoms with van der Waals surface area (Å²) < 4.78 is 26.3. The summed E-state index contributed by atoms with van der Waals surface area (Å²) in [5, 5.41) is 11.2. The maximum atomic E-state index is 13.3. The van der Waals surface area contributed by atoms with Crippen LogP contribution >= 0.6 is 11.3 Å². The highest BCUT2D eigenvalue weighted by molar-refractivity contribution is 7.09. The van der Waals surface area contributed by atoms with E-state index in [9.17, 15) is 13.6 Å². The van der Waals surface area contributed by atoms with Gasteiger partial charge in [-0.3, -0.25) is 4.79 Å². The molecule has 1 aliphatic rings. The highest BCUT2D eigenvalue weighted by atomic mass is 32.1. The lowest BCUT2D eigenvalue weighted by molar-refractivity contribution is 0.0707. The third kappa shape index (κ3) is 3.40. The van der Waals surface area contributed by atoms with Gasteiger partial charge in [0.05, 0.1) is 6.61 Å². The van der Waals surface area contributed by atoms with E-state index in [1.54, 1.807) is 16.3 Å². The molecule has 1 aliphatic heterocycles. The lowest BCUT2D eigenvalue weighted by Gasteiger charge is -2.31. The second kappa shape index (κ2) is 6.72. The predicted molar refractivity (Wildman–Crippen MR) is 82.3 cm³/mol. The Balaban J connectivity index is 1.63. The number of carbonyl (C=O) groups is 1. The predicted octanol–water partition coefficient (Wildman–Crippen LogP) is 2.93. The van der Waals surface area contributed by atoms with Crippen LogP contribution in [0.4, 0.5) is 8.78 Å². The highest BCUT2D eigenvalue weighted by Gasteiger charge is 2.26. The molecule has 3 rings (SSSR count). The molecule has 23 heavy (non-hydrogen) atoms. The van der Waals surface area contributed by atoms with Crippen molar-refractivity contribution in [3.8, 4) is 0 Å². The van der Waals surface area contributed by atoms with E-state index in [2.05, 4.69) is 4.98 Å². The SMILES string of the molecule is O=C(c1csc(CO)n1)N1CCC(c2ccc(F)c(F)c2)CC1. The third-order valence-electron chi connectivity index (χ3n) is 4.10. The molecule has 0 saturated carbocycles. The molecule has 1 aromatic carbocycles. The van der Waals surface area contributed by atoms with Crippen molar-refractivity contribution in [1.82, 2.24) is 9.88 Å². The molecule has 1 saturated heterocycles. The zero-order valence-corrected chi connectivity index (χ0v) is 13.2. The van der Waals surface area contributed by atoms with Crippen LogP contribution in [0.2, 0.25) is 0 Å². The summed E-state index contributed by atoms with van der Waals surface area (Å²) in [6.07, 6.45) is 1.40. The van der Waals surface area contributed by atoms with Crippen molar-refractivity contribution in [1.29, 1.82) is 0 Å². The van der Waals surface area contributed by atoms with Crippen LogP contribution in [0, 0.1) is 11.6 Å². The van der Waals surface area contributed by atoms with Crippen LogP contribution in [-0.4, -0.2) is 34.0 Å². The fourth-order valence-corrected chi connectivity index (χ4v) is 3.45. The number of hydrogen-bond donors (Lipinski definition) is 1. The van der Waals surface area contributed by atoms with Gasteiger partial charge in [0.25, 0.3) is 5.91 Å². The second-order valence-corrected chi connectivity index (χ2v) is 6.47. The topological polar surface area (TPSA) is 53.4 Å². The largest absolute Gasteiger partial charge is 0.389 e. The fraction of sp³-hybridized carbons (Fsp3) is 0.375. The van der Waals surface area contributed by atoms with Gasteiger partial charge in [0.15, 0.2) is 11.6 Å². The number of likely N-dealkylation sites (tertiary alicyclic amines) is 1. The average molecular weight is 338 g/mol. The Morgan fingerprint density at radius 2 is 2.04 bits per heavy atom. The number of aromatic nitrogens is 1. The monoisotopic (exact) mass is 338 g/mol. The molecule has 0 bridgehead atoms. The number of hydrogen-bond acceptors (Lipinski definition) is 4. The van der Waals surface area contributed by atoms with Gasteiger partial charge >= 0.3 is 0 Å². The Kier molecular flexibility index (Phi) is 4.68. The van der Waals surface area contributed by atoms with Gasteiger partial charge in [-0.15, -0.1) is 11.3 Å². The van der Waals surface area contributed by atoms with E-state index in [-0.39, 0.29) is 18.4 Å². The molecule has 1 N–H and O–H groups in total. The van der Waals surface area contributed by atoms with Crippen molar-refractivity contribution in [2.24, 2.45) is 0 Å². The second-order valence-electron chi connectivity index (χ2n) is 5.52. The molecule has 7 heteroatoms. The van der Waals surface area contributed by atoms with Crippen molar-refractivity contribution in [3.63, 3.8) is 0 Å². The van der Waals surface area contributed by atoms with E-state index in [1.807, 2.05) is 0 Å². The summed E-state index contributed by atoms with van der Waals surface area (Å²) in [4.78, 5) is 18.2. The van der Waals surface area contributed by atoms with Crippen LogP contribution in [0.1, 0.15) is 39.8 Å². The Labute approximate surface area is 136 Å². The van der Waals surface area contributed by atoms with Crippen molar-refractivity contribution in [2.75, 3.05) is 13.1 Å². The van der Waals surface area contributed by atoms with Gasteiger partial charge in [-0.25, -0.2) is 13.8 Å². The quantitative estimate of drug-likeness (QED) is 0.936. The van der Waals surface area contributed by atoms with Gasteiger partial charge in [0.1, 0.15) is 10.7 Å². The van der Waals surface area contributed by atoms with E-state index in [0.29, 0.717) is 36.6 Å². The molecule has 0 unspecified atom stereocenters. The summed E-state index contributed by atoms with van der Waals surface area (Å²) in [7, 11) is 0. The Hall–Kier alpha value is -1.86. The Morgan fingerprint density at radius 3 is 2.65 bits per heavy atom. The van der Waals surface area contributed by atoms with Crippen LogP contribution < -0.4 is 0 Å². The molecule has 122 valence electrons. The zero-order valence-electron chi connectivity index (χ0n) is 12.3. The summed E-state index contributed by atoms with van der Waals surface area (Å²) in [6.45, 7) is 0.930. The van der Waals surface area contributed by atoms with E-state index >= 15 is 0 Å². The van der Waals surface area contributed by atoms with Gasteiger partial charge in [0, 0.05) is 18.5 Å². The number of rotatable bonds is 3. The van der Waals surface area contributed by atoms with Crippen LogP contribution in [0.25, 0.3) is 0 Å². The van der Waals surface area contributed by atoms with Gasteiger partial charge in [0.2, 0.25) is 0 Å². The highest BCUT2D eigenvalue weighted by Crippen LogP contribution is 2.29. The third-order valence-corrected chi connectivity index (χ3v) is 4.94. The van der Waals surface area contributed by atoms with Crippen LogP contribution in [-0.2, 0) is 6.61 Å². The molecule has 4 nitrogen and oxygen atoms in total. The van der Waals surface area contributed by atoms with Gasteiger partial charge in [-0.05, 0) is 36.5 Å². The standard InChI is InChI=1S/C16H16F2N2O2S/c17-12-2-1-11(7-13(12)18)10-3-5-20(6-4-10)16(22)14-9-23-15(8-21)19-14/h1-2,7,9-10,21H,3-6,8H2. The number of thiazole rings is 1.